The predicted molar refractivity (Wildman–Crippen MR) is 311 cm³/mol. The molecule has 0 fully saturated rings. The molecule has 0 bridgehead atoms. The molecule has 4 heterocycles. The van der Waals surface area contributed by atoms with E-state index < -0.39 is 0 Å². The fraction of sp³-hybridized carbons (Fsp3) is 0. The second-order valence-corrected chi connectivity index (χ2v) is 19.8. The molecule has 0 aliphatic carbocycles. The number of benzene rings is 13. The Labute approximate surface area is 422 Å². The zero-order chi connectivity index (χ0) is 48.2. The molecule has 4 heteroatoms. The lowest BCUT2D eigenvalue weighted by molar-refractivity contribution is 0.672. The van der Waals surface area contributed by atoms with E-state index in [1.165, 1.54) is 54.4 Å². The van der Waals surface area contributed by atoms with E-state index in [0.29, 0.717) is 0 Å². The lowest BCUT2D eigenvalue weighted by Gasteiger charge is -2.18. The van der Waals surface area contributed by atoms with Crippen molar-refractivity contribution in [2.24, 2.45) is 0 Å². The Balaban J connectivity index is 1.04. The second kappa shape index (κ2) is 14.8. The van der Waals surface area contributed by atoms with Gasteiger partial charge in [-0.15, -0.1) is 0 Å². The van der Waals surface area contributed by atoms with Crippen molar-refractivity contribution in [3.8, 4) is 33.6 Å². The summed E-state index contributed by atoms with van der Waals surface area (Å²) in [4.78, 5) is 0. The van der Waals surface area contributed by atoms with Crippen LogP contribution < -0.4 is 0 Å². The van der Waals surface area contributed by atoms with Gasteiger partial charge in [0.15, 0.2) is 0 Å². The zero-order valence-electron chi connectivity index (χ0n) is 39.8. The van der Waals surface area contributed by atoms with E-state index in [4.69, 9.17) is 8.83 Å². The maximum Gasteiger partial charge on any atom is 0.143 e. The number of hydrogen-bond acceptors (Lipinski definition) is 2. The number of aromatic nitrogens is 2. The van der Waals surface area contributed by atoms with Crippen molar-refractivity contribution < 1.29 is 8.83 Å². The number of para-hydroxylation sites is 8. The molecule has 4 aromatic heterocycles. The van der Waals surface area contributed by atoms with Gasteiger partial charge in [-0.2, -0.15) is 0 Å². The molecule has 0 saturated heterocycles. The summed E-state index contributed by atoms with van der Waals surface area (Å²) in [6, 6.07) is 88.6. The minimum atomic E-state index is 0.881. The molecule has 0 amide bonds. The Morgan fingerprint density at radius 2 is 0.622 bits per heavy atom. The van der Waals surface area contributed by atoms with Crippen LogP contribution in [-0.4, -0.2) is 9.13 Å². The summed E-state index contributed by atoms with van der Waals surface area (Å²) in [6.07, 6.45) is 0. The quantitative estimate of drug-likeness (QED) is 0.130. The van der Waals surface area contributed by atoms with Gasteiger partial charge in [-0.25, -0.2) is 0 Å². The number of nitrogens with zero attached hydrogens (tertiary/aromatic N) is 2. The summed E-state index contributed by atoms with van der Waals surface area (Å²) in [5.74, 6) is 0. The molecule has 0 unspecified atom stereocenters. The van der Waals surface area contributed by atoms with E-state index in [-0.39, 0.29) is 0 Å². The van der Waals surface area contributed by atoms with Gasteiger partial charge in [-0.05, 0) is 128 Å². The van der Waals surface area contributed by atoms with Crippen LogP contribution in [0.2, 0.25) is 0 Å². The maximum atomic E-state index is 7.04. The number of rotatable bonds is 4. The van der Waals surface area contributed by atoms with E-state index in [0.717, 1.165) is 110 Å². The van der Waals surface area contributed by atoms with Gasteiger partial charge in [-0.3, -0.25) is 0 Å². The Morgan fingerprint density at radius 3 is 1.08 bits per heavy atom. The molecule has 0 radical (unpaired) electrons. The summed E-state index contributed by atoms with van der Waals surface area (Å²) in [5, 5.41) is 18.4. The summed E-state index contributed by atoms with van der Waals surface area (Å²) >= 11 is 0. The average Bonchev–Trinajstić information content (AvgIpc) is 4.28. The third-order valence-corrected chi connectivity index (χ3v) is 16.0. The van der Waals surface area contributed by atoms with Crippen LogP contribution in [0.5, 0.6) is 0 Å². The van der Waals surface area contributed by atoms with Crippen molar-refractivity contribution in [2.75, 3.05) is 0 Å². The first-order chi connectivity index (χ1) is 36.7. The first-order valence-electron chi connectivity index (χ1n) is 25.4. The van der Waals surface area contributed by atoms with Crippen molar-refractivity contribution in [2.45, 2.75) is 0 Å². The van der Waals surface area contributed by atoms with E-state index >= 15 is 0 Å². The van der Waals surface area contributed by atoms with Crippen molar-refractivity contribution in [3.05, 3.63) is 243 Å². The predicted octanol–water partition coefficient (Wildman–Crippen LogP) is 19.6. The van der Waals surface area contributed by atoms with Gasteiger partial charge in [-0.1, -0.05) is 158 Å². The first kappa shape index (κ1) is 39.8. The third kappa shape index (κ3) is 5.35. The van der Waals surface area contributed by atoms with E-state index in [9.17, 15) is 0 Å². The molecule has 342 valence electrons. The standard InChI is InChI=1S/C70H40N2O2/c1-3-17-43(18-4-1)71-61-29-11-7-21-45(61)51-25-15-27-53(67(51)71)59-39-41-37-58-42(38-57(41)49-33-35-55-47-23-9-13-31-63(47)73-69(55)65(49)59)40-60(66-50(58)34-36-56-48-24-10-14-32-64(48)74-70(56)66)54-28-16-26-52-46-22-8-12-30-62(46)72(68(52)54)44-19-5-2-6-20-44/h1-40H. The number of hydrogen-bond donors (Lipinski definition) is 0. The van der Waals surface area contributed by atoms with Crippen LogP contribution in [-0.2, 0) is 0 Å². The SMILES string of the molecule is c1ccc(-n2c3ccccc3c3cccc(-c4cc5cc6c(cc(-c7cccc8c9ccccc9n(-c9ccccc9)c78)c7c6ccc6c8ccccc8oc67)cc5c5ccc6c7ccccc7oc6c45)c32)cc1. The van der Waals surface area contributed by atoms with Crippen LogP contribution in [0, 0.1) is 0 Å². The van der Waals surface area contributed by atoms with Crippen LogP contribution in [0.4, 0.5) is 0 Å². The maximum absolute atomic E-state index is 7.04. The highest BCUT2D eigenvalue weighted by Gasteiger charge is 2.25. The van der Waals surface area contributed by atoms with Crippen LogP contribution in [0.3, 0.4) is 0 Å². The molecule has 0 spiro atoms. The van der Waals surface area contributed by atoms with Crippen LogP contribution >= 0.6 is 0 Å². The number of fused-ring (bicyclic) bond motifs is 20. The molecule has 13 aromatic carbocycles. The molecule has 0 N–H and O–H groups in total. The Kier molecular flexibility index (Phi) is 7.97. The molecule has 4 nitrogen and oxygen atoms in total. The smallest absolute Gasteiger partial charge is 0.143 e. The highest BCUT2D eigenvalue weighted by molar-refractivity contribution is 6.32. The molecule has 0 atom stereocenters. The normalized spacial score (nSPS) is 12.3. The Hall–Kier alpha value is -9.90. The summed E-state index contributed by atoms with van der Waals surface area (Å²) in [7, 11) is 0. The lowest BCUT2D eigenvalue weighted by atomic mass is 9.87. The monoisotopic (exact) mass is 940 g/mol. The second-order valence-electron chi connectivity index (χ2n) is 19.8. The lowest BCUT2D eigenvalue weighted by Crippen LogP contribution is -1.96. The van der Waals surface area contributed by atoms with E-state index in [1.807, 2.05) is 0 Å². The van der Waals surface area contributed by atoms with Gasteiger partial charge in [0.1, 0.15) is 22.3 Å². The van der Waals surface area contributed by atoms with Crippen LogP contribution in [0.1, 0.15) is 0 Å². The summed E-state index contributed by atoms with van der Waals surface area (Å²) in [6.45, 7) is 0. The number of furan rings is 2. The highest BCUT2D eigenvalue weighted by Crippen LogP contribution is 2.50. The van der Waals surface area contributed by atoms with Gasteiger partial charge < -0.3 is 18.0 Å². The minimum absolute atomic E-state index is 0.881. The van der Waals surface area contributed by atoms with Crippen molar-refractivity contribution in [3.63, 3.8) is 0 Å². The molecule has 0 saturated carbocycles. The highest BCUT2D eigenvalue weighted by atomic mass is 16.3. The minimum Gasteiger partial charge on any atom is -0.455 e. The zero-order valence-corrected chi connectivity index (χ0v) is 39.8. The molecule has 0 aliphatic heterocycles. The Bertz CT molecular complexity index is 4910. The molecule has 74 heavy (non-hydrogen) atoms. The van der Waals surface area contributed by atoms with Gasteiger partial charge >= 0.3 is 0 Å². The fourth-order valence-electron chi connectivity index (χ4n) is 12.9. The first-order valence-corrected chi connectivity index (χ1v) is 25.4. The Morgan fingerprint density at radius 1 is 0.243 bits per heavy atom. The third-order valence-electron chi connectivity index (χ3n) is 16.0. The van der Waals surface area contributed by atoms with Crippen LogP contribution in [0.15, 0.2) is 251 Å². The van der Waals surface area contributed by atoms with Crippen molar-refractivity contribution >= 4 is 131 Å². The molecular formula is C70H40N2O2. The van der Waals surface area contributed by atoms with E-state index in [2.05, 4.69) is 252 Å². The molecule has 17 rings (SSSR count). The van der Waals surface area contributed by atoms with E-state index in [1.54, 1.807) is 0 Å². The van der Waals surface area contributed by atoms with Crippen molar-refractivity contribution in [1.29, 1.82) is 0 Å². The van der Waals surface area contributed by atoms with Gasteiger partial charge in [0.2, 0.25) is 0 Å². The largest absolute Gasteiger partial charge is 0.455 e. The van der Waals surface area contributed by atoms with Gasteiger partial charge in [0, 0.05) is 76.4 Å². The van der Waals surface area contributed by atoms with Gasteiger partial charge in [0.05, 0.1) is 22.1 Å². The summed E-state index contributed by atoms with van der Waals surface area (Å²) in [5.41, 5.74) is 15.0. The summed E-state index contributed by atoms with van der Waals surface area (Å²) < 4.78 is 19.0. The fourth-order valence-corrected chi connectivity index (χ4v) is 12.9. The molecule has 17 aromatic rings. The molecule has 0 aliphatic rings. The average molecular weight is 941 g/mol. The molecular weight excluding hydrogens is 901 g/mol. The van der Waals surface area contributed by atoms with Gasteiger partial charge in [0.25, 0.3) is 0 Å². The van der Waals surface area contributed by atoms with Crippen LogP contribution in [0.25, 0.3) is 164 Å². The topological polar surface area (TPSA) is 36.1 Å². The van der Waals surface area contributed by atoms with Crippen molar-refractivity contribution in [1.82, 2.24) is 9.13 Å².